The molecule has 0 aliphatic heterocycles. The van der Waals surface area contributed by atoms with Crippen LogP contribution in [-0.2, 0) is 11.2 Å². The molecule has 3 nitrogen and oxygen atoms in total. The first-order valence-electron chi connectivity index (χ1n) is 8.12. The lowest BCUT2D eigenvalue weighted by atomic mass is 10.1. The van der Waals surface area contributed by atoms with Gasteiger partial charge < -0.3 is 10.1 Å². The number of hydrogen-bond donors (Lipinski definition) is 1. The molecule has 4 heteroatoms. The maximum Gasteiger partial charge on any atom is 0.244 e. The van der Waals surface area contributed by atoms with Crippen molar-refractivity contribution in [3.8, 4) is 5.75 Å². The van der Waals surface area contributed by atoms with Crippen LogP contribution in [-0.4, -0.2) is 19.1 Å². The molecule has 0 saturated heterocycles. The number of para-hydroxylation sites is 1. The van der Waals surface area contributed by atoms with Crippen molar-refractivity contribution in [3.05, 3.63) is 70.8 Å². The van der Waals surface area contributed by atoms with Gasteiger partial charge in [0.1, 0.15) is 5.75 Å². The van der Waals surface area contributed by atoms with E-state index in [4.69, 9.17) is 16.3 Å². The fourth-order valence-corrected chi connectivity index (χ4v) is 2.53. The molecule has 2 rings (SSSR count). The van der Waals surface area contributed by atoms with Gasteiger partial charge in [-0.25, -0.2) is 0 Å². The smallest absolute Gasteiger partial charge is 0.244 e. The van der Waals surface area contributed by atoms with Crippen molar-refractivity contribution >= 4 is 23.6 Å². The van der Waals surface area contributed by atoms with E-state index in [-0.39, 0.29) is 5.91 Å². The third kappa shape index (κ3) is 5.74. The van der Waals surface area contributed by atoms with Crippen molar-refractivity contribution in [2.24, 2.45) is 0 Å². The van der Waals surface area contributed by atoms with Crippen LogP contribution in [0, 0.1) is 0 Å². The first-order valence-corrected chi connectivity index (χ1v) is 8.49. The van der Waals surface area contributed by atoms with Crippen LogP contribution in [0.15, 0.2) is 54.6 Å². The molecule has 0 spiro atoms. The van der Waals surface area contributed by atoms with Gasteiger partial charge in [-0.15, -0.1) is 0 Å². The number of amides is 1. The number of hydrogen-bond acceptors (Lipinski definition) is 2. The molecule has 0 aliphatic carbocycles. The second kappa shape index (κ2) is 9.78. The summed E-state index contributed by atoms with van der Waals surface area (Å²) >= 11 is 6.05. The summed E-state index contributed by atoms with van der Waals surface area (Å²) in [4.78, 5) is 11.8. The van der Waals surface area contributed by atoms with Crippen LogP contribution in [0.3, 0.4) is 0 Å². The monoisotopic (exact) mass is 343 g/mol. The Hall–Kier alpha value is -2.26. The lowest BCUT2D eigenvalue weighted by Gasteiger charge is -2.09. The SMILES string of the molecule is CCOc1ccccc1CCCNC(=O)/C=C/c1ccccc1Cl. The van der Waals surface area contributed by atoms with Gasteiger partial charge in [-0.2, -0.15) is 0 Å². The number of benzene rings is 2. The Morgan fingerprint density at radius 3 is 2.71 bits per heavy atom. The fourth-order valence-electron chi connectivity index (χ4n) is 2.33. The highest BCUT2D eigenvalue weighted by atomic mass is 35.5. The van der Waals surface area contributed by atoms with Crippen molar-refractivity contribution in [1.29, 1.82) is 0 Å². The molecule has 0 saturated carbocycles. The number of nitrogens with one attached hydrogen (secondary N) is 1. The fraction of sp³-hybridized carbons (Fsp3) is 0.250. The molecule has 1 N–H and O–H groups in total. The predicted molar refractivity (Wildman–Crippen MR) is 99.4 cm³/mol. The lowest BCUT2D eigenvalue weighted by molar-refractivity contribution is -0.116. The van der Waals surface area contributed by atoms with E-state index in [1.807, 2.05) is 43.3 Å². The molecule has 2 aromatic carbocycles. The van der Waals surface area contributed by atoms with Gasteiger partial charge in [0.25, 0.3) is 0 Å². The zero-order valence-electron chi connectivity index (χ0n) is 13.8. The van der Waals surface area contributed by atoms with Crippen molar-refractivity contribution in [2.45, 2.75) is 19.8 Å². The van der Waals surface area contributed by atoms with Crippen molar-refractivity contribution < 1.29 is 9.53 Å². The van der Waals surface area contributed by atoms with Gasteiger partial charge >= 0.3 is 0 Å². The summed E-state index contributed by atoms with van der Waals surface area (Å²) in [5.74, 6) is 0.804. The zero-order valence-corrected chi connectivity index (χ0v) is 14.6. The van der Waals surface area contributed by atoms with E-state index in [9.17, 15) is 4.79 Å². The second-order valence-electron chi connectivity index (χ2n) is 5.29. The van der Waals surface area contributed by atoms with Gasteiger partial charge in [0.05, 0.1) is 6.61 Å². The van der Waals surface area contributed by atoms with E-state index in [2.05, 4.69) is 11.4 Å². The Kier molecular flexibility index (Phi) is 7.37. The molecule has 2 aromatic rings. The summed E-state index contributed by atoms with van der Waals surface area (Å²) in [5.41, 5.74) is 2.00. The largest absolute Gasteiger partial charge is 0.494 e. The number of carbonyl (C=O) groups is 1. The van der Waals surface area contributed by atoms with Crippen molar-refractivity contribution in [2.75, 3.05) is 13.2 Å². The molecule has 0 bridgehead atoms. The Morgan fingerprint density at radius 1 is 1.17 bits per heavy atom. The summed E-state index contributed by atoms with van der Waals surface area (Å²) in [6.07, 6.45) is 4.96. The molecule has 24 heavy (non-hydrogen) atoms. The van der Waals surface area contributed by atoms with E-state index in [1.54, 1.807) is 12.1 Å². The summed E-state index contributed by atoms with van der Waals surface area (Å²) in [5, 5.41) is 3.52. The molecule has 0 heterocycles. The highest BCUT2D eigenvalue weighted by Crippen LogP contribution is 2.19. The minimum Gasteiger partial charge on any atom is -0.494 e. The predicted octanol–water partition coefficient (Wildman–Crippen LogP) is 4.50. The van der Waals surface area contributed by atoms with Crippen molar-refractivity contribution in [1.82, 2.24) is 5.32 Å². The molecule has 126 valence electrons. The van der Waals surface area contributed by atoms with Crippen LogP contribution in [0.2, 0.25) is 5.02 Å². The first-order chi connectivity index (χ1) is 11.7. The third-order valence-corrected chi connectivity index (χ3v) is 3.86. The van der Waals surface area contributed by atoms with Crippen LogP contribution < -0.4 is 10.1 Å². The number of ether oxygens (including phenoxy) is 1. The van der Waals surface area contributed by atoms with Crippen LogP contribution in [0.1, 0.15) is 24.5 Å². The average molecular weight is 344 g/mol. The standard InChI is InChI=1S/C20H22ClNO2/c1-2-24-19-12-6-4-9-17(19)10-7-15-22-20(23)14-13-16-8-3-5-11-18(16)21/h3-6,8-9,11-14H,2,7,10,15H2,1H3,(H,22,23)/b14-13+. The van der Waals surface area contributed by atoms with Crippen LogP contribution in [0.5, 0.6) is 5.75 Å². The van der Waals surface area contributed by atoms with E-state index >= 15 is 0 Å². The van der Waals surface area contributed by atoms with Crippen LogP contribution in [0.4, 0.5) is 0 Å². The quantitative estimate of drug-likeness (QED) is 0.566. The Balaban J connectivity index is 1.76. The van der Waals surface area contributed by atoms with Gasteiger partial charge in [-0.1, -0.05) is 48.0 Å². The normalized spacial score (nSPS) is 10.8. The Morgan fingerprint density at radius 2 is 1.92 bits per heavy atom. The van der Waals surface area contributed by atoms with E-state index < -0.39 is 0 Å². The van der Waals surface area contributed by atoms with Gasteiger partial charge in [0.15, 0.2) is 0 Å². The Bertz CT molecular complexity index is 698. The lowest BCUT2D eigenvalue weighted by Crippen LogP contribution is -2.22. The molecule has 0 fully saturated rings. The summed E-state index contributed by atoms with van der Waals surface area (Å²) in [6.45, 7) is 3.25. The maximum atomic E-state index is 11.8. The minimum atomic E-state index is -0.118. The third-order valence-electron chi connectivity index (χ3n) is 3.51. The maximum absolute atomic E-state index is 11.8. The number of carbonyl (C=O) groups excluding carboxylic acids is 1. The molecule has 0 radical (unpaired) electrons. The molecule has 0 unspecified atom stereocenters. The van der Waals surface area contributed by atoms with Crippen molar-refractivity contribution in [3.63, 3.8) is 0 Å². The summed E-state index contributed by atoms with van der Waals surface area (Å²) in [6, 6.07) is 15.4. The number of halogens is 1. The average Bonchev–Trinajstić information content (AvgIpc) is 2.59. The van der Waals surface area contributed by atoms with Gasteiger partial charge in [0, 0.05) is 17.6 Å². The second-order valence-corrected chi connectivity index (χ2v) is 5.70. The molecular formula is C20H22ClNO2. The van der Waals surface area contributed by atoms with E-state index in [0.29, 0.717) is 18.2 Å². The van der Waals surface area contributed by atoms with Gasteiger partial charge in [-0.05, 0) is 49.1 Å². The van der Waals surface area contributed by atoms with Gasteiger partial charge in [0.2, 0.25) is 5.91 Å². The number of rotatable bonds is 8. The summed E-state index contributed by atoms with van der Waals surface area (Å²) < 4.78 is 5.60. The minimum absolute atomic E-state index is 0.118. The molecule has 0 aliphatic rings. The molecule has 1 amide bonds. The topological polar surface area (TPSA) is 38.3 Å². The summed E-state index contributed by atoms with van der Waals surface area (Å²) in [7, 11) is 0. The zero-order chi connectivity index (χ0) is 17.2. The molecular weight excluding hydrogens is 322 g/mol. The highest BCUT2D eigenvalue weighted by molar-refractivity contribution is 6.32. The first kappa shape index (κ1) is 18.1. The van der Waals surface area contributed by atoms with E-state index in [1.165, 1.54) is 11.6 Å². The molecule has 0 aromatic heterocycles. The van der Waals surface area contributed by atoms with Crippen LogP contribution >= 0.6 is 11.6 Å². The van der Waals surface area contributed by atoms with Gasteiger partial charge in [-0.3, -0.25) is 4.79 Å². The van der Waals surface area contributed by atoms with Crippen LogP contribution in [0.25, 0.3) is 6.08 Å². The van der Waals surface area contributed by atoms with E-state index in [0.717, 1.165) is 24.2 Å². The number of aryl methyl sites for hydroxylation is 1. The highest BCUT2D eigenvalue weighted by Gasteiger charge is 2.03. The Labute approximate surface area is 148 Å². The molecule has 0 atom stereocenters.